The third kappa shape index (κ3) is 27.6. The normalized spacial score (nSPS) is 13.1. The van der Waals surface area contributed by atoms with E-state index in [1.165, 1.54) is 17.8 Å². The van der Waals surface area contributed by atoms with Gasteiger partial charge in [0.25, 0.3) is 0 Å². The quantitative estimate of drug-likeness (QED) is 0.392. The first-order valence-corrected chi connectivity index (χ1v) is 61.6. The summed E-state index contributed by atoms with van der Waals surface area (Å²) in [6.45, 7) is 12.9. The van der Waals surface area contributed by atoms with E-state index in [0.29, 0.717) is 12.1 Å². The van der Waals surface area contributed by atoms with Gasteiger partial charge in [-0.2, -0.15) is 0 Å². The molecule has 2 rings (SSSR count). The Labute approximate surface area is 438 Å². The van der Waals surface area contributed by atoms with Gasteiger partial charge in [-0.25, -0.2) is 0 Å². The molecule has 0 amide bonds. The van der Waals surface area contributed by atoms with Crippen LogP contribution in [0.2, 0.25) is 0 Å². The minimum absolute atomic E-state index is 0.0891. The van der Waals surface area contributed by atoms with E-state index in [2.05, 4.69) is 41.5 Å². The van der Waals surface area contributed by atoms with Crippen LogP contribution in [0, 0.1) is 5.41 Å². The zero-order valence-corrected chi connectivity index (χ0v) is 58.2. The van der Waals surface area contributed by atoms with Gasteiger partial charge in [-0.15, -0.1) is 0 Å². The van der Waals surface area contributed by atoms with Crippen molar-refractivity contribution in [3.63, 3.8) is 0 Å². The third-order valence-electron chi connectivity index (χ3n) is 6.41. The molecule has 0 aliphatic heterocycles. The molecule has 0 saturated heterocycles. The molecule has 0 saturated carbocycles. The van der Waals surface area contributed by atoms with Crippen LogP contribution in [0.25, 0.3) is 0 Å². The van der Waals surface area contributed by atoms with E-state index in [1.54, 1.807) is 107 Å². The number of hydrogen-bond donors (Lipinski definition) is 2. The summed E-state index contributed by atoms with van der Waals surface area (Å²) < 4.78 is 16.7. The Morgan fingerprint density at radius 1 is 0.345 bits per heavy atom. The molecule has 0 atom stereocenters. The van der Waals surface area contributed by atoms with E-state index < -0.39 is 0 Å². The predicted molar refractivity (Wildman–Crippen MR) is 355 cm³/mol. The maximum absolute atomic E-state index is 8.33. The summed E-state index contributed by atoms with van der Waals surface area (Å²) in [6.07, 6.45) is 0. The van der Waals surface area contributed by atoms with Crippen molar-refractivity contribution < 1.29 is 2.74 Å². The van der Waals surface area contributed by atoms with Gasteiger partial charge in [-0.1, -0.05) is 41.5 Å². The highest BCUT2D eigenvalue weighted by Crippen LogP contribution is 2.62. The van der Waals surface area contributed by atoms with E-state index in [9.17, 15) is 0 Å². The molecule has 0 fully saturated rings. The summed E-state index contributed by atoms with van der Waals surface area (Å²) in [5, 5.41) is 0. The predicted octanol–water partition coefficient (Wildman–Crippen LogP) is 3.35. The lowest BCUT2D eigenvalue weighted by Gasteiger charge is -2.44. The molecule has 0 heterocycles. The number of rotatable bonds is 0. The Morgan fingerprint density at radius 3 is 0.636 bits per heavy atom. The first-order valence-electron chi connectivity index (χ1n) is 13.2. The molecule has 0 aromatic heterocycles. The zero-order chi connectivity index (χ0) is 42.4. The van der Waals surface area contributed by atoms with Crippen molar-refractivity contribution in [3.05, 3.63) is 23.2 Å². The molecule has 0 radical (unpaired) electrons. The Balaban J connectivity index is 0.000000705. The zero-order valence-electron chi connectivity index (χ0n) is 29.2. The van der Waals surface area contributed by atoms with Crippen LogP contribution in [0.4, 0.5) is 11.4 Å². The lowest BCUT2D eigenvalue weighted by Crippen LogP contribution is -2.42. The van der Waals surface area contributed by atoms with Crippen molar-refractivity contribution in [1.29, 1.82) is 0 Å². The number of nitrogen functional groups attached to an aromatic ring is 2. The van der Waals surface area contributed by atoms with Gasteiger partial charge in [0, 0.05) is 342 Å². The smallest absolute Gasteiger partial charge is 0.0649 e. The number of fused-ring (bicyclic) bond motifs is 1. The van der Waals surface area contributed by atoms with Crippen molar-refractivity contribution in [2.45, 2.75) is 52.4 Å². The Morgan fingerprint density at radius 2 is 0.491 bits per heavy atom. The van der Waals surface area contributed by atoms with Crippen molar-refractivity contribution in [1.82, 2.24) is 0 Å². The molecular formula is C15H24N2S38. The second-order valence-corrected chi connectivity index (χ2v) is 72.8. The molecule has 1 aliphatic rings. The van der Waals surface area contributed by atoms with Crippen LogP contribution < -0.4 is 11.5 Å². The molecule has 55 heavy (non-hydrogen) atoms. The molecule has 1 aliphatic carbocycles. The van der Waals surface area contributed by atoms with Gasteiger partial charge in [0.15, 0.2) is 0 Å². The Hall–Kier alpha value is 7.18. The highest BCUT2D eigenvalue weighted by Gasteiger charge is 2.56. The molecule has 1 aromatic rings. The Kier molecular flexibility index (Phi) is 40.3. The molecule has 4 N–H and O–H groups in total. The van der Waals surface area contributed by atoms with E-state index in [1.807, 2.05) is 195 Å². The van der Waals surface area contributed by atoms with Gasteiger partial charge in [0.1, 0.15) is 0 Å². The first-order chi connectivity index (χ1) is 27.3. The van der Waals surface area contributed by atoms with Gasteiger partial charge < -0.3 is 11.5 Å². The van der Waals surface area contributed by atoms with Crippen molar-refractivity contribution in [2.75, 3.05) is 11.5 Å². The second kappa shape index (κ2) is 39.2. The molecule has 0 unspecified atom stereocenters. The lowest BCUT2D eigenvalue weighted by atomic mass is 9.59. The fourth-order valence-electron chi connectivity index (χ4n) is 3.26. The average molecular weight is 1450 g/mol. The van der Waals surface area contributed by atoms with Crippen LogP contribution in [-0.2, 0) is 353 Å². The van der Waals surface area contributed by atoms with Gasteiger partial charge in [0.05, 0.1) is 14.1 Å². The van der Waals surface area contributed by atoms with E-state index in [0.717, 1.165) is 11.1 Å². The molecule has 0 bridgehead atoms. The lowest BCUT2D eigenvalue weighted by molar-refractivity contribution is 0.125. The maximum atomic E-state index is 8.33. The molecule has 1 aromatic carbocycles. The van der Waals surface area contributed by atoms with Crippen LogP contribution >= 0.6 is 0 Å². The Bertz CT molecular complexity index is 3180. The van der Waals surface area contributed by atoms with E-state index in [4.69, 9.17) is 36.6 Å². The van der Waals surface area contributed by atoms with Gasteiger partial charge in [-0.05, 0) is 39.5 Å². The fraction of sp³-hybridized carbons (Fsp3) is 0.600. The monoisotopic (exact) mass is 1450 g/mol. The van der Waals surface area contributed by atoms with Gasteiger partial charge >= 0.3 is 0 Å². The topological polar surface area (TPSA) is 52.0 Å². The van der Waals surface area contributed by atoms with Crippen LogP contribution in [0.5, 0.6) is 0 Å². The molecule has 40 heteroatoms. The average Bonchev–Trinajstić information content (AvgIpc) is 3.29. The van der Waals surface area contributed by atoms with Crippen molar-refractivity contribution in [2.24, 2.45) is 5.41 Å². The van der Waals surface area contributed by atoms with Crippen molar-refractivity contribution >= 4 is 353 Å². The van der Waals surface area contributed by atoms with Crippen LogP contribution in [0.15, 0.2) is 12.1 Å². The molecule has 0 spiro atoms. The van der Waals surface area contributed by atoms with Crippen LogP contribution in [-0.4, -0.2) is 0 Å². The largest absolute Gasteiger partial charge is 0.397 e. The maximum Gasteiger partial charge on any atom is 0.0649 e. The minimum atomic E-state index is -0.222. The number of hydrogen-bond acceptors (Lipinski definition) is 4. The van der Waals surface area contributed by atoms with Gasteiger partial charge in [0.2, 0.25) is 0 Å². The number of benzene rings is 1. The number of nitrogens with two attached hydrogens (primary N) is 2. The highest BCUT2D eigenvalue weighted by molar-refractivity contribution is 8.81. The number of anilines is 2. The molecular weight excluding hydrogens is 1430 g/mol. The SMILES string of the molecule is S=S=S=S=S=S=S=S=S=S=S=S=S=S=S=S=S=S=S=S=S=S=S=S=S=S=S=S=S=S=S=S=S=S=S=S=S=S.[2H]c1c(N)c(N)c([2H])c2c1C(C)(C)C(C)(C)C2(C)C. The third-order valence-corrected chi connectivity index (χ3v) is 84.2. The summed E-state index contributed by atoms with van der Waals surface area (Å²) in [7, 11) is 63.7. The summed E-state index contributed by atoms with van der Waals surface area (Å²) in [4.78, 5) is 0. The fourth-order valence-corrected chi connectivity index (χ4v) is 96.6. The molecule has 2 nitrogen and oxygen atoms in total. The first kappa shape index (κ1) is 56.5. The highest BCUT2D eigenvalue weighted by atomic mass is 33.5. The summed E-state index contributed by atoms with van der Waals surface area (Å²) >= 11 is 9.60. The van der Waals surface area contributed by atoms with Crippen molar-refractivity contribution in [3.8, 4) is 0 Å². The summed E-state index contributed by atoms with van der Waals surface area (Å²) in [5.41, 5.74) is 13.6. The van der Waals surface area contributed by atoms with Crippen LogP contribution in [0.3, 0.4) is 0 Å². The minimum Gasteiger partial charge on any atom is -0.397 e. The second-order valence-electron chi connectivity index (χ2n) is 9.15. The summed E-state index contributed by atoms with van der Waals surface area (Å²) in [5.74, 6) is 0. The van der Waals surface area contributed by atoms with E-state index >= 15 is 0 Å². The van der Waals surface area contributed by atoms with E-state index in [-0.39, 0.29) is 27.6 Å². The standard InChI is InChI=1S/C15H24N2.S38/c1-13(2)9-7-11(16)12(17)8-10(9)14(3,4)15(13,5)6;1-3-5-7-9-11-13-15-17-19-21-23-25-27-29-31-33-35-37-38-36-34-32-30-28-26-24-22-20-18-16-14-12-10-8-6-4-2/h7-8H,16-17H2,1-6H3;/i7D,8D;. The molecule has 322 valence electrons. The summed E-state index contributed by atoms with van der Waals surface area (Å²) in [6, 6.07) is 0.597. The van der Waals surface area contributed by atoms with Crippen LogP contribution in [0.1, 0.15) is 55.4 Å². The van der Waals surface area contributed by atoms with Gasteiger partial charge in [-0.3, -0.25) is 0 Å².